The lowest BCUT2D eigenvalue weighted by atomic mass is 10.2. The van der Waals surface area contributed by atoms with Crippen LogP contribution in [0.25, 0.3) is 0 Å². The van der Waals surface area contributed by atoms with Crippen molar-refractivity contribution in [3.8, 4) is 17.2 Å². The third kappa shape index (κ3) is 4.44. The zero-order valence-electron chi connectivity index (χ0n) is 16.5. The molecule has 28 heavy (non-hydrogen) atoms. The number of anilines is 2. The van der Waals surface area contributed by atoms with E-state index in [9.17, 15) is 4.79 Å². The first-order valence-corrected chi connectivity index (χ1v) is 9.36. The molecule has 1 amide bonds. The van der Waals surface area contributed by atoms with E-state index in [1.54, 1.807) is 45.6 Å². The van der Waals surface area contributed by atoms with Crippen LogP contribution in [0.1, 0.15) is 36.2 Å². The van der Waals surface area contributed by atoms with Crippen molar-refractivity contribution in [2.24, 2.45) is 0 Å². The maximum Gasteiger partial charge on any atom is 0.274 e. The first-order chi connectivity index (χ1) is 13.7. The van der Waals surface area contributed by atoms with Crippen LogP contribution in [-0.4, -0.2) is 55.4 Å². The van der Waals surface area contributed by atoms with Crippen LogP contribution in [-0.2, 0) is 0 Å². The van der Waals surface area contributed by atoms with Gasteiger partial charge in [-0.2, -0.15) is 0 Å². The van der Waals surface area contributed by atoms with Gasteiger partial charge in [-0.05, 0) is 25.0 Å². The molecule has 0 atom stereocenters. The number of benzene rings is 1. The van der Waals surface area contributed by atoms with Crippen LogP contribution in [0.5, 0.6) is 17.2 Å². The highest BCUT2D eigenvalue weighted by Gasteiger charge is 2.19. The normalized spacial score (nSPS) is 14.2. The summed E-state index contributed by atoms with van der Waals surface area (Å²) in [7, 11) is 4.67. The Morgan fingerprint density at radius 1 is 0.929 bits per heavy atom. The average Bonchev–Trinajstić information content (AvgIpc) is 3.02. The second-order valence-corrected chi connectivity index (χ2v) is 6.55. The molecule has 1 N–H and O–H groups in total. The number of hydrogen-bond donors (Lipinski definition) is 1. The molecule has 2 heterocycles. The second-order valence-electron chi connectivity index (χ2n) is 6.55. The molecule has 1 aromatic heterocycles. The molecular formula is C20H26N4O4. The molecule has 0 aliphatic carbocycles. The molecular weight excluding hydrogens is 360 g/mol. The van der Waals surface area contributed by atoms with Crippen LogP contribution in [0.15, 0.2) is 24.3 Å². The number of aromatic nitrogens is 2. The Balaban J connectivity index is 1.74. The molecule has 3 rings (SSSR count). The Bertz CT molecular complexity index is 777. The molecule has 0 bridgehead atoms. The van der Waals surface area contributed by atoms with Crippen LogP contribution in [0.3, 0.4) is 0 Å². The minimum Gasteiger partial charge on any atom is -0.493 e. The quantitative estimate of drug-likeness (QED) is 0.815. The van der Waals surface area contributed by atoms with Gasteiger partial charge in [0, 0.05) is 30.9 Å². The van der Waals surface area contributed by atoms with Gasteiger partial charge in [-0.1, -0.05) is 12.8 Å². The van der Waals surface area contributed by atoms with Crippen molar-refractivity contribution in [1.29, 1.82) is 0 Å². The highest BCUT2D eigenvalue weighted by Crippen LogP contribution is 2.40. The molecule has 0 radical (unpaired) electrons. The van der Waals surface area contributed by atoms with Gasteiger partial charge in [-0.3, -0.25) is 4.79 Å². The average molecular weight is 386 g/mol. The molecule has 0 unspecified atom stereocenters. The highest BCUT2D eigenvalue weighted by molar-refractivity contribution is 5.92. The van der Waals surface area contributed by atoms with Gasteiger partial charge in [0.1, 0.15) is 0 Å². The van der Waals surface area contributed by atoms with Gasteiger partial charge < -0.3 is 24.4 Å². The standard InChI is InChI=1S/C20H26N4O4/c1-26-16-12-14(13-17(27-2)19(16)28-3)21-18-9-8-15(22-23-18)20(25)24-10-6-4-5-7-11-24/h8-9,12-13H,4-7,10-11H2,1-3H3,(H,21,23). The van der Waals surface area contributed by atoms with Crippen molar-refractivity contribution < 1.29 is 19.0 Å². The summed E-state index contributed by atoms with van der Waals surface area (Å²) in [4.78, 5) is 14.5. The van der Waals surface area contributed by atoms with E-state index in [0.717, 1.165) is 25.9 Å². The minimum atomic E-state index is -0.0614. The van der Waals surface area contributed by atoms with E-state index >= 15 is 0 Å². The Labute approximate surface area is 164 Å². The zero-order chi connectivity index (χ0) is 19.9. The first kappa shape index (κ1) is 19.7. The van der Waals surface area contributed by atoms with Crippen molar-refractivity contribution in [1.82, 2.24) is 15.1 Å². The van der Waals surface area contributed by atoms with Gasteiger partial charge in [0.05, 0.1) is 21.3 Å². The SMILES string of the molecule is COc1cc(Nc2ccc(C(=O)N3CCCCCC3)nn2)cc(OC)c1OC. The number of ether oxygens (including phenoxy) is 3. The fourth-order valence-corrected chi connectivity index (χ4v) is 3.25. The second kappa shape index (κ2) is 9.25. The summed E-state index contributed by atoms with van der Waals surface area (Å²) in [5.41, 5.74) is 1.06. The summed E-state index contributed by atoms with van der Waals surface area (Å²) < 4.78 is 16.0. The number of nitrogens with one attached hydrogen (secondary N) is 1. The molecule has 0 saturated carbocycles. The van der Waals surface area contributed by atoms with E-state index in [4.69, 9.17) is 14.2 Å². The maximum absolute atomic E-state index is 12.6. The molecule has 8 heteroatoms. The van der Waals surface area contributed by atoms with Gasteiger partial charge in [0.2, 0.25) is 5.75 Å². The van der Waals surface area contributed by atoms with E-state index < -0.39 is 0 Å². The molecule has 1 aromatic carbocycles. The van der Waals surface area contributed by atoms with Gasteiger partial charge in [-0.25, -0.2) is 0 Å². The molecule has 1 aliphatic rings. The Kier molecular flexibility index (Phi) is 6.52. The van der Waals surface area contributed by atoms with Crippen molar-refractivity contribution in [3.63, 3.8) is 0 Å². The van der Waals surface area contributed by atoms with Crippen molar-refractivity contribution in [2.75, 3.05) is 39.7 Å². The number of likely N-dealkylation sites (tertiary alicyclic amines) is 1. The number of amides is 1. The molecule has 8 nitrogen and oxygen atoms in total. The third-order valence-corrected chi connectivity index (χ3v) is 4.71. The van der Waals surface area contributed by atoms with E-state index in [0.29, 0.717) is 34.4 Å². The monoisotopic (exact) mass is 386 g/mol. The van der Waals surface area contributed by atoms with Gasteiger partial charge in [0.25, 0.3) is 5.91 Å². The van der Waals surface area contributed by atoms with Crippen molar-refractivity contribution >= 4 is 17.4 Å². The Morgan fingerprint density at radius 2 is 1.57 bits per heavy atom. The number of carbonyl (C=O) groups excluding carboxylic acids is 1. The number of hydrogen-bond acceptors (Lipinski definition) is 7. The number of carbonyl (C=O) groups is 1. The van der Waals surface area contributed by atoms with E-state index in [1.165, 1.54) is 12.8 Å². The van der Waals surface area contributed by atoms with Gasteiger partial charge in [-0.15, -0.1) is 10.2 Å². The lowest BCUT2D eigenvalue weighted by Crippen LogP contribution is -2.32. The Morgan fingerprint density at radius 3 is 2.07 bits per heavy atom. The van der Waals surface area contributed by atoms with Crippen LogP contribution in [0, 0.1) is 0 Å². The number of rotatable bonds is 6. The fourth-order valence-electron chi connectivity index (χ4n) is 3.25. The topological polar surface area (TPSA) is 85.8 Å². The molecule has 1 saturated heterocycles. The Hall–Kier alpha value is -3.03. The van der Waals surface area contributed by atoms with Gasteiger partial charge in [0.15, 0.2) is 23.0 Å². The highest BCUT2D eigenvalue weighted by atomic mass is 16.5. The molecule has 0 spiro atoms. The molecule has 150 valence electrons. The van der Waals surface area contributed by atoms with E-state index in [-0.39, 0.29) is 5.91 Å². The smallest absolute Gasteiger partial charge is 0.274 e. The van der Waals surface area contributed by atoms with E-state index in [2.05, 4.69) is 15.5 Å². The summed E-state index contributed by atoms with van der Waals surface area (Å²) in [5.74, 6) is 2.03. The van der Waals surface area contributed by atoms with Crippen molar-refractivity contribution in [2.45, 2.75) is 25.7 Å². The van der Waals surface area contributed by atoms with Crippen LogP contribution in [0.2, 0.25) is 0 Å². The fraction of sp³-hybridized carbons (Fsp3) is 0.450. The lowest BCUT2D eigenvalue weighted by molar-refractivity contribution is 0.0754. The summed E-state index contributed by atoms with van der Waals surface area (Å²) in [6, 6.07) is 6.99. The summed E-state index contributed by atoms with van der Waals surface area (Å²) in [5, 5.41) is 11.4. The van der Waals surface area contributed by atoms with Gasteiger partial charge >= 0.3 is 0 Å². The predicted octanol–water partition coefficient (Wildman–Crippen LogP) is 3.26. The van der Waals surface area contributed by atoms with Crippen molar-refractivity contribution in [3.05, 3.63) is 30.0 Å². The van der Waals surface area contributed by atoms with E-state index in [1.807, 2.05) is 4.90 Å². The largest absolute Gasteiger partial charge is 0.493 e. The van der Waals surface area contributed by atoms with Crippen LogP contribution in [0.4, 0.5) is 11.5 Å². The summed E-state index contributed by atoms with van der Waals surface area (Å²) >= 11 is 0. The number of nitrogens with zero attached hydrogens (tertiary/aromatic N) is 3. The van der Waals surface area contributed by atoms with Crippen LogP contribution < -0.4 is 19.5 Å². The molecule has 2 aromatic rings. The summed E-state index contributed by atoms with van der Waals surface area (Å²) in [6.07, 6.45) is 4.43. The lowest BCUT2D eigenvalue weighted by Gasteiger charge is -2.19. The first-order valence-electron chi connectivity index (χ1n) is 9.36. The predicted molar refractivity (Wildman–Crippen MR) is 106 cm³/mol. The maximum atomic E-state index is 12.6. The van der Waals surface area contributed by atoms with Crippen LogP contribution >= 0.6 is 0 Å². The zero-order valence-corrected chi connectivity index (χ0v) is 16.5. The minimum absolute atomic E-state index is 0.0614. The third-order valence-electron chi connectivity index (χ3n) is 4.71. The molecule has 1 aliphatic heterocycles. The summed E-state index contributed by atoms with van der Waals surface area (Å²) in [6.45, 7) is 1.57. The number of methoxy groups -OCH3 is 3. The molecule has 1 fully saturated rings.